The lowest BCUT2D eigenvalue weighted by Crippen LogP contribution is -2.17. The number of nitrogens with zero attached hydrogens (tertiary/aromatic N) is 3. The fraction of sp³-hybridized carbons (Fsp3) is 0.286. The lowest BCUT2D eigenvalue weighted by atomic mass is 10.1. The van der Waals surface area contributed by atoms with Crippen LogP contribution >= 0.6 is 0 Å². The van der Waals surface area contributed by atoms with Crippen LogP contribution < -0.4 is 5.32 Å². The third kappa shape index (κ3) is 3.63. The van der Waals surface area contributed by atoms with Crippen LogP contribution in [-0.2, 0) is 20.0 Å². The summed E-state index contributed by atoms with van der Waals surface area (Å²) in [5, 5.41) is 16.1. The van der Waals surface area contributed by atoms with Crippen molar-refractivity contribution in [2.24, 2.45) is 7.05 Å². The molecule has 0 spiro atoms. The van der Waals surface area contributed by atoms with Gasteiger partial charge in [-0.1, -0.05) is 6.07 Å². The van der Waals surface area contributed by atoms with Crippen molar-refractivity contribution in [2.75, 3.05) is 6.54 Å². The zero-order valence-electron chi connectivity index (χ0n) is 10.7. The molecule has 2 rings (SSSR count). The molecule has 0 saturated heterocycles. The lowest BCUT2D eigenvalue weighted by Gasteiger charge is -2.05. The van der Waals surface area contributed by atoms with E-state index >= 15 is 0 Å². The number of hydrogen-bond acceptors (Lipinski definition) is 3. The summed E-state index contributed by atoms with van der Waals surface area (Å²) >= 11 is 0. The van der Waals surface area contributed by atoms with Crippen molar-refractivity contribution in [3.05, 3.63) is 53.1 Å². The van der Waals surface area contributed by atoms with Gasteiger partial charge >= 0.3 is 0 Å². The molecule has 0 radical (unpaired) electrons. The number of benzene rings is 1. The molecule has 0 saturated carbocycles. The van der Waals surface area contributed by atoms with Crippen LogP contribution in [-0.4, -0.2) is 16.3 Å². The molecule has 0 aliphatic heterocycles. The molecule has 5 heteroatoms. The number of nitriles is 1. The maximum absolute atomic E-state index is 13.6. The molecule has 0 bridgehead atoms. The second kappa shape index (κ2) is 6.12. The molecule has 4 nitrogen and oxygen atoms in total. The first kappa shape index (κ1) is 13.2. The predicted molar refractivity (Wildman–Crippen MR) is 69.7 cm³/mol. The molecular formula is C14H15FN4. The Morgan fingerprint density at radius 3 is 2.89 bits per heavy atom. The third-order valence-electron chi connectivity index (χ3n) is 2.82. The highest BCUT2D eigenvalue weighted by atomic mass is 19.1. The molecule has 0 fully saturated rings. The Labute approximate surface area is 111 Å². The van der Waals surface area contributed by atoms with E-state index in [1.807, 2.05) is 25.4 Å². The molecule has 1 heterocycles. The van der Waals surface area contributed by atoms with Crippen molar-refractivity contribution >= 4 is 0 Å². The first-order valence-electron chi connectivity index (χ1n) is 6.07. The van der Waals surface area contributed by atoms with Gasteiger partial charge in [0, 0.05) is 38.3 Å². The maximum atomic E-state index is 13.6. The van der Waals surface area contributed by atoms with E-state index in [0.29, 0.717) is 17.7 Å². The minimum absolute atomic E-state index is 0.342. The number of aromatic nitrogens is 2. The maximum Gasteiger partial charge on any atom is 0.129 e. The van der Waals surface area contributed by atoms with Gasteiger partial charge in [-0.15, -0.1) is 0 Å². The topological polar surface area (TPSA) is 53.6 Å². The Morgan fingerprint density at radius 1 is 1.42 bits per heavy atom. The molecule has 0 atom stereocenters. The van der Waals surface area contributed by atoms with Crippen LogP contribution in [0.5, 0.6) is 0 Å². The molecule has 19 heavy (non-hydrogen) atoms. The van der Waals surface area contributed by atoms with Crippen LogP contribution in [0.1, 0.15) is 16.8 Å². The molecule has 1 aromatic carbocycles. The third-order valence-corrected chi connectivity index (χ3v) is 2.82. The Hall–Kier alpha value is -2.19. The zero-order chi connectivity index (χ0) is 13.7. The Morgan fingerprint density at radius 2 is 2.26 bits per heavy atom. The van der Waals surface area contributed by atoms with Crippen molar-refractivity contribution in [2.45, 2.75) is 13.0 Å². The Balaban J connectivity index is 1.81. The summed E-state index contributed by atoms with van der Waals surface area (Å²) < 4.78 is 15.3. The van der Waals surface area contributed by atoms with Gasteiger partial charge in [-0.2, -0.15) is 10.4 Å². The minimum atomic E-state index is -0.343. The Bertz CT molecular complexity index is 598. The van der Waals surface area contributed by atoms with Crippen LogP contribution in [0.4, 0.5) is 4.39 Å². The summed E-state index contributed by atoms with van der Waals surface area (Å²) in [7, 11) is 1.88. The van der Waals surface area contributed by atoms with Crippen molar-refractivity contribution in [3.63, 3.8) is 0 Å². The second-order valence-electron chi connectivity index (χ2n) is 4.33. The van der Waals surface area contributed by atoms with Gasteiger partial charge in [0.25, 0.3) is 0 Å². The summed E-state index contributed by atoms with van der Waals surface area (Å²) in [6, 6.07) is 8.40. The van der Waals surface area contributed by atoms with Gasteiger partial charge in [0.1, 0.15) is 5.82 Å². The summed E-state index contributed by atoms with van der Waals surface area (Å²) in [5.41, 5.74) is 1.92. The van der Waals surface area contributed by atoms with E-state index in [9.17, 15) is 4.39 Å². The summed E-state index contributed by atoms with van der Waals surface area (Å²) in [4.78, 5) is 0. The van der Waals surface area contributed by atoms with Gasteiger partial charge in [-0.25, -0.2) is 4.39 Å². The van der Waals surface area contributed by atoms with Crippen LogP contribution in [0, 0.1) is 17.1 Å². The standard InChI is InChI=1S/C14H15FN4/c1-19-7-5-13(18-19)4-6-17-10-12-3-2-11(9-16)8-14(12)15/h2-3,5,7-8,17H,4,6,10H2,1H3. The molecular weight excluding hydrogens is 243 g/mol. The number of halogens is 1. The fourth-order valence-electron chi connectivity index (χ4n) is 1.80. The highest BCUT2D eigenvalue weighted by Gasteiger charge is 2.03. The smallest absolute Gasteiger partial charge is 0.129 e. The summed E-state index contributed by atoms with van der Waals surface area (Å²) in [6.07, 6.45) is 2.70. The number of rotatable bonds is 5. The molecule has 98 valence electrons. The average Bonchev–Trinajstić information content (AvgIpc) is 2.82. The van der Waals surface area contributed by atoms with Gasteiger partial charge in [-0.05, 0) is 18.2 Å². The van der Waals surface area contributed by atoms with Crippen molar-refractivity contribution in [1.82, 2.24) is 15.1 Å². The second-order valence-corrected chi connectivity index (χ2v) is 4.33. The van der Waals surface area contributed by atoms with E-state index in [4.69, 9.17) is 5.26 Å². The van der Waals surface area contributed by atoms with Gasteiger partial charge < -0.3 is 5.32 Å². The van der Waals surface area contributed by atoms with Crippen molar-refractivity contribution < 1.29 is 4.39 Å². The largest absolute Gasteiger partial charge is 0.312 e. The normalized spacial score (nSPS) is 10.4. The van der Waals surface area contributed by atoms with Crippen LogP contribution in [0.2, 0.25) is 0 Å². The van der Waals surface area contributed by atoms with E-state index in [2.05, 4.69) is 10.4 Å². The van der Waals surface area contributed by atoms with Gasteiger partial charge in [0.2, 0.25) is 0 Å². The Kier molecular flexibility index (Phi) is 4.26. The van der Waals surface area contributed by atoms with E-state index in [-0.39, 0.29) is 5.82 Å². The zero-order valence-corrected chi connectivity index (χ0v) is 10.7. The predicted octanol–water partition coefficient (Wildman–Crippen LogP) is 1.76. The van der Waals surface area contributed by atoms with Crippen molar-refractivity contribution in [3.8, 4) is 6.07 Å². The van der Waals surface area contributed by atoms with Gasteiger partial charge in [-0.3, -0.25) is 4.68 Å². The summed E-state index contributed by atoms with van der Waals surface area (Å²) in [5.74, 6) is -0.343. The van der Waals surface area contributed by atoms with E-state index < -0.39 is 0 Å². The highest BCUT2D eigenvalue weighted by molar-refractivity contribution is 5.32. The molecule has 0 amide bonds. The number of hydrogen-bond donors (Lipinski definition) is 1. The number of nitrogens with one attached hydrogen (secondary N) is 1. The lowest BCUT2D eigenvalue weighted by molar-refractivity contribution is 0.586. The van der Waals surface area contributed by atoms with E-state index in [1.165, 1.54) is 6.07 Å². The van der Waals surface area contributed by atoms with Crippen molar-refractivity contribution in [1.29, 1.82) is 5.26 Å². The first-order chi connectivity index (χ1) is 9.19. The van der Waals surface area contributed by atoms with Gasteiger partial charge in [0.05, 0.1) is 17.3 Å². The molecule has 1 aromatic heterocycles. The SMILES string of the molecule is Cn1ccc(CCNCc2ccc(C#N)cc2F)n1. The highest BCUT2D eigenvalue weighted by Crippen LogP contribution is 2.09. The van der Waals surface area contributed by atoms with Crippen LogP contribution in [0.15, 0.2) is 30.5 Å². The average molecular weight is 258 g/mol. The van der Waals surface area contributed by atoms with E-state index in [1.54, 1.807) is 16.8 Å². The minimum Gasteiger partial charge on any atom is -0.312 e. The summed E-state index contributed by atoms with van der Waals surface area (Å²) in [6.45, 7) is 1.18. The quantitative estimate of drug-likeness (QED) is 0.831. The molecule has 2 aromatic rings. The van der Waals surface area contributed by atoms with E-state index in [0.717, 1.165) is 18.7 Å². The first-order valence-corrected chi connectivity index (χ1v) is 6.07. The molecule has 1 N–H and O–H groups in total. The van der Waals surface area contributed by atoms with Crippen LogP contribution in [0.25, 0.3) is 0 Å². The molecule has 0 aliphatic rings. The molecule has 0 aliphatic carbocycles. The van der Waals surface area contributed by atoms with Crippen LogP contribution in [0.3, 0.4) is 0 Å². The fourth-order valence-corrected chi connectivity index (χ4v) is 1.80. The molecule has 0 unspecified atom stereocenters. The van der Waals surface area contributed by atoms with Gasteiger partial charge in [0.15, 0.2) is 0 Å². The monoisotopic (exact) mass is 258 g/mol. The number of aryl methyl sites for hydroxylation is 1.